The molecule has 0 bridgehead atoms. The maximum Gasteiger partial charge on any atom is 0.257 e. The topological polar surface area (TPSA) is 54.0 Å². The lowest BCUT2D eigenvalue weighted by Gasteiger charge is -2.10. The third-order valence-electron chi connectivity index (χ3n) is 2.88. The smallest absolute Gasteiger partial charge is 0.257 e. The van der Waals surface area contributed by atoms with Gasteiger partial charge in [-0.15, -0.1) is 0 Å². The molecule has 0 atom stereocenters. The lowest BCUT2D eigenvalue weighted by Crippen LogP contribution is -2.13. The number of halogens is 2. The Hall–Kier alpha value is -2.14. The van der Waals surface area contributed by atoms with Gasteiger partial charge in [-0.3, -0.25) is 4.79 Å². The number of carbonyl (C=O) groups is 1. The molecule has 0 aliphatic rings. The Morgan fingerprint density at radius 2 is 2.14 bits per heavy atom. The van der Waals surface area contributed by atoms with Gasteiger partial charge < -0.3 is 10.6 Å². The van der Waals surface area contributed by atoms with E-state index in [0.717, 1.165) is 0 Å². The molecule has 21 heavy (non-hydrogen) atoms. The molecular formula is C15H15ClFN3O. The maximum atomic E-state index is 13.0. The van der Waals surface area contributed by atoms with Gasteiger partial charge in [0.05, 0.1) is 10.6 Å². The quantitative estimate of drug-likeness (QED) is 0.901. The minimum absolute atomic E-state index is 0.338. The molecule has 1 aromatic carbocycles. The Labute approximate surface area is 127 Å². The van der Waals surface area contributed by atoms with Crippen molar-refractivity contribution in [1.29, 1.82) is 0 Å². The standard InChI is InChI=1S/C15H15ClFN3O/c1-3-18-14-12(16)7-10(8-19-14)15(21)20-13-5-4-11(17)6-9(13)2/h4-8H,3H2,1-2H3,(H,18,19)(H,20,21). The van der Waals surface area contributed by atoms with Gasteiger partial charge in [0.15, 0.2) is 0 Å². The van der Waals surface area contributed by atoms with Gasteiger partial charge in [0.1, 0.15) is 11.6 Å². The van der Waals surface area contributed by atoms with Crippen molar-refractivity contribution in [3.8, 4) is 0 Å². The van der Waals surface area contributed by atoms with Crippen LogP contribution in [0.15, 0.2) is 30.5 Å². The van der Waals surface area contributed by atoms with E-state index in [9.17, 15) is 9.18 Å². The van der Waals surface area contributed by atoms with Gasteiger partial charge >= 0.3 is 0 Å². The SMILES string of the molecule is CCNc1ncc(C(=O)Nc2ccc(F)cc2C)cc1Cl. The third-order valence-corrected chi connectivity index (χ3v) is 3.17. The molecule has 0 aliphatic heterocycles. The molecule has 2 aromatic rings. The van der Waals surface area contributed by atoms with Gasteiger partial charge in [-0.2, -0.15) is 0 Å². The molecule has 1 aromatic heterocycles. The van der Waals surface area contributed by atoms with Crippen LogP contribution >= 0.6 is 11.6 Å². The highest BCUT2D eigenvalue weighted by molar-refractivity contribution is 6.33. The van der Waals surface area contributed by atoms with Crippen LogP contribution in [0.2, 0.25) is 5.02 Å². The number of aromatic nitrogens is 1. The van der Waals surface area contributed by atoms with E-state index >= 15 is 0 Å². The summed E-state index contributed by atoms with van der Waals surface area (Å²) in [5.74, 6) is -0.152. The van der Waals surface area contributed by atoms with Crippen LogP contribution in [0.25, 0.3) is 0 Å². The van der Waals surface area contributed by atoms with Gasteiger partial charge in [-0.1, -0.05) is 11.6 Å². The fraction of sp³-hybridized carbons (Fsp3) is 0.200. The average Bonchev–Trinajstić information content (AvgIpc) is 2.44. The van der Waals surface area contributed by atoms with Crippen LogP contribution in [-0.4, -0.2) is 17.4 Å². The molecule has 4 nitrogen and oxygen atoms in total. The van der Waals surface area contributed by atoms with Gasteiger partial charge in [0.25, 0.3) is 5.91 Å². The molecule has 1 heterocycles. The Morgan fingerprint density at radius 3 is 2.76 bits per heavy atom. The summed E-state index contributed by atoms with van der Waals surface area (Å²) < 4.78 is 13.0. The molecule has 6 heteroatoms. The van der Waals surface area contributed by atoms with Crippen molar-refractivity contribution in [3.63, 3.8) is 0 Å². The van der Waals surface area contributed by atoms with Crippen LogP contribution < -0.4 is 10.6 Å². The second-order valence-electron chi connectivity index (χ2n) is 4.50. The van der Waals surface area contributed by atoms with E-state index in [1.54, 1.807) is 13.0 Å². The van der Waals surface area contributed by atoms with Crippen molar-refractivity contribution < 1.29 is 9.18 Å². The van der Waals surface area contributed by atoms with E-state index in [4.69, 9.17) is 11.6 Å². The molecule has 0 aliphatic carbocycles. The molecule has 110 valence electrons. The molecule has 2 N–H and O–H groups in total. The fourth-order valence-electron chi connectivity index (χ4n) is 1.82. The molecule has 0 fully saturated rings. The first-order valence-electron chi connectivity index (χ1n) is 6.48. The van der Waals surface area contributed by atoms with Crippen molar-refractivity contribution in [2.45, 2.75) is 13.8 Å². The second kappa shape index (κ2) is 6.54. The number of benzene rings is 1. The first-order valence-corrected chi connectivity index (χ1v) is 6.86. The fourth-order valence-corrected chi connectivity index (χ4v) is 2.05. The Bertz CT molecular complexity index is 676. The lowest BCUT2D eigenvalue weighted by atomic mass is 10.2. The van der Waals surface area contributed by atoms with E-state index in [1.165, 1.54) is 24.4 Å². The first-order chi connectivity index (χ1) is 10.0. The summed E-state index contributed by atoms with van der Waals surface area (Å²) in [7, 11) is 0. The van der Waals surface area contributed by atoms with Crippen LogP contribution in [0.3, 0.4) is 0 Å². The summed E-state index contributed by atoms with van der Waals surface area (Å²) >= 11 is 6.05. The molecular weight excluding hydrogens is 293 g/mol. The van der Waals surface area contributed by atoms with E-state index < -0.39 is 0 Å². The van der Waals surface area contributed by atoms with Crippen LogP contribution in [-0.2, 0) is 0 Å². The van der Waals surface area contributed by atoms with Crippen molar-refractivity contribution in [1.82, 2.24) is 4.98 Å². The van der Waals surface area contributed by atoms with Crippen molar-refractivity contribution in [3.05, 3.63) is 52.4 Å². The highest BCUT2D eigenvalue weighted by atomic mass is 35.5. The summed E-state index contributed by atoms with van der Waals surface area (Å²) in [6, 6.07) is 5.71. The van der Waals surface area contributed by atoms with Crippen molar-refractivity contribution >= 4 is 29.0 Å². The van der Waals surface area contributed by atoms with Crippen LogP contribution in [0.1, 0.15) is 22.8 Å². The van der Waals surface area contributed by atoms with E-state index in [0.29, 0.717) is 34.2 Å². The molecule has 2 rings (SSSR count). The molecule has 0 saturated carbocycles. The highest BCUT2D eigenvalue weighted by Crippen LogP contribution is 2.21. The largest absolute Gasteiger partial charge is 0.369 e. The van der Waals surface area contributed by atoms with Crippen molar-refractivity contribution in [2.24, 2.45) is 0 Å². The van der Waals surface area contributed by atoms with Crippen LogP contribution in [0.4, 0.5) is 15.9 Å². The number of nitrogens with one attached hydrogen (secondary N) is 2. The Balaban J connectivity index is 2.18. The number of hydrogen-bond acceptors (Lipinski definition) is 3. The first kappa shape index (κ1) is 15.3. The van der Waals surface area contributed by atoms with Gasteiger partial charge in [-0.25, -0.2) is 9.37 Å². The van der Waals surface area contributed by atoms with E-state index in [2.05, 4.69) is 15.6 Å². The zero-order valence-electron chi connectivity index (χ0n) is 11.7. The Morgan fingerprint density at radius 1 is 1.38 bits per heavy atom. The van der Waals surface area contributed by atoms with Crippen LogP contribution in [0, 0.1) is 12.7 Å². The monoisotopic (exact) mass is 307 g/mol. The molecule has 0 unspecified atom stereocenters. The summed E-state index contributed by atoms with van der Waals surface area (Å²) in [4.78, 5) is 16.3. The predicted molar refractivity (Wildman–Crippen MR) is 82.5 cm³/mol. The van der Waals surface area contributed by atoms with E-state index in [-0.39, 0.29) is 11.7 Å². The van der Waals surface area contributed by atoms with Gasteiger partial charge in [-0.05, 0) is 43.7 Å². The number of amides is 1. The predicted octanol–water partition coefficient (Wildman–Crippen LogP) is 3.87. The summed E-state index contributed by atoms with van der Waals surface area (Å²) in [6.07, 6.45) is 1.44. The minimum Gasteiger partial charge on any atom is -0.369 e. The minimum atomic E-state index is -0.345. The number of pyridine rings is 1. The number of carbonyl (C=O) groups excluding carboxylic acids is 1. The third kappa shape index (κ3) is 3.70. The summed E-state index contributed by atoms with van der Waals surface area (Å²) in [6.45, 7) is 4.33. The molecule has 0 spiro atoms. The number of aryl methyl sites for hydroxylation is 1. The van der Waals surface area contributed by atoms with Gasteiger partial charge in [0.2, 0.25) is 0 Å². The summed E-state index contributed by atoms with van der Waals surface area (Å²) in [5.41, 5.74) is 1.53. The molecule has 1 amide bonds. The molecule has 0 radical (unpaired) electrons. The number of nitrogens with zero attached hydrogens (tertiary/aromatic N) is 1. The normalized spacial score (nSPS) is 10.3. The van der Waals surface area contributed by atoms with E-state index in [1.807, 2.05) is 6.92 Å². The Kier molecular flexibility index (Phi) is 4.75. The highest BCUT2D eigenvalue weighted by Gasteiger charge is 2.11. The number of anilines is 2. The van der Waals surface area contributed by atoms with Gasteiger partial charge in [0, 0.05) is 18.4 Å². The second-order valence-corrected chi connectivity index (χ2v) is 4.91. The lowest BCUT2D eigenvalue weighted by molar-refractivity contribution is 0.102. The maximum absolute atomic E-state index is 13.0. The number of rotatable bonds is 4. The average molecular weight is 308 g/mol. The summed E-state index contributed by atoms with van der Waals surface area (Å²) in [5, 5.41) is 6.07. The zero-order valence-corrected chi connectivity index (χ0v) is 12.5. The zero-order chi connectivity index (χ0) is 15.4. The number of hydrogen-bond donors (Lipinski definition) is 2. The molecule has 0 saturated heterocycles. The van der Waals surface area contributed by atoms with Crippen molar-refractivity contribution in [2.75, 3.05) is 17.2 Å². The van der Waals surface area contributed by atoms with Crippen LogP contribution in [0.5, 0.6) is 0 Å².